The minimum Gasteiger partial charge on any atom is -0.378 e. The monoisotopic (exact) mass is 286 g/mol. The minimum absolute atomic E-state index is 0.155. The number of halogens is 3. The van der Waals surface area contributed by atoms with E-state index in [2.05, 4.69) is 0 Å². The van der Waals surface area contributed by atoms with Crippen LogP contribution in [0, 0.1) is 6.92 Å². The molecular weight excluding hydrogens is 269 g/mol. The Balaban J connectivity index is 2.19. The molecule has 2 rings (SSSR count). The van der Waals surface area contributed by atoms with Crippen molar-refractivity contribution in [2.24, 2.45) is 0 Å². The van der Waals surface area contributed by atoms with Gasteiger partial charge in [0.1, 0.15) is 0 Å². The number of alkyl halides is 3. The molecule has 0 radical (unpaired) electrons. The highest BCUT2D eigenvalue weighted by molar-refractivity contribution is 5.98. The summed E-state index contributed by atoms with van der Waals surface area (Å²) in [5.74, 6) is -0.155. The van der Waals surface area contributed by atoms with Gasteiger partial charge >= 0.3 is 6.18 Å². The number of aryl methyl sites for hydroxylation is 1. The number of benzene rings is 1. The summed E-state index contributed by atoms with van der Waals surface area (Å²) in [5, 5.41) is 0. The lowest BCUT2D eigenvalue weighted by Gasteiger charge is -2.40. The lowest BCUT2D eigenvalue weighted by atomic mass is 9.75. The minimum atomic E-state index is -4.38. The zero-order valence-corrected chi connectivity index (χ0v) is 11.5. The molecule has 1 aromatic rings. The van der Waals surface area contributed by atoms with Gasteiger partial charge in [-0.3, -0.25) is 4.79 Å². The molecule has 0 aliphatic heterocycles. The first-order valence-electron chi connectivity index (χ1n) is 6.54. The number of ketones is 1. The topological polar surface area (TPSA) is 26.3 Å². The molecule has 2 nitrogen and oxygen atoms in total. The van der Waals surface area contributed by atoms with Gasteiger partial charge in [-0.05, 0) is 43.9 Å². The summed E-state index contributed by atoms with van der Waals surface area (Å²) in [6, 6.07) is 3.25. The Kier molecular flexibility index (Phi) is 3.91. The van der Waals surface area contributed by atoms with E-state index in [1.165, 1.54) is 13.0 Å². The molecule has 1 aromatic carbocycles. The van der Waals surface area contributed by atoms with E-state index in [1.54, 1.807) is 7.11 Å². The fourth-order valence-corrected chi connectivity index (χ4v) is 2.56. The van der Waals surface area contributed by atoms with Gasteiger partial charge in [0.25, 0.3) is 0 Å². The fraction of sp³-hybridized carbons (Fsp3) is 0.533. The van der Waals surface area contributed by atoms with Crippen molar-refractivity contribution in [3.63, 3.8) is 0 Å². The second-order valence-electron chi connectivity index (χ2n) is 5.37. The average molecular weight is 286 g/mol. The second-order valence-corrected chi connectivity index (χ2v) is 5.37. The third-order valence-corrected chi connectivity index (χ3v) is 4.03. The summed E-state index contributed by atoms with van der Waals surface area (Å²) < 4.78 is 43.1. The van der Waals surface area contributed by atoms with Crippen molar-refractivity contribution in [2.45, 2.75) is 44.4 Å². The maximum absolute atomic E-state index is 12.6. The lowest BCUT2D eigenvalue weighted by Crippen LogP contribution is -2.41. The standard InChI is InChI=1S/C15H17F3O2/c1-10-8-11(15(16,17)18)4-5-12(10)13(19)9-14(20-2)6-3-7-14/h4-5,8H,3,6-7,9H2,1-2H3. The Morgan fingerprint density at radius 1 is 1.35 bits per heavy atom. The summed E-state index contributed by atoms with van der Waals surface area (Å²) in [6.07, 6.45) is -1.47. The molecule has 1 saturated carbocycles. The number of carbonyl (C=O) groups is 1. The van der Waals surface area contributed by atoms with Crippen LogP contribution in [-0.2, 0) is 10.9 Å². The normalized spacial score (nSPS) is 17.6. The highest BCUT2D eigenvalue weighted by Crippen LogP contribution is 2.39. The van der Waals surface area contributed by atoms with Crippen molar-refractivity contribution < 1.29 is 22.7 Å². The number of methoxy groups -OCH3 is 1. The number of hydrogen-bond donors (Lipinski definition) is 0. The molecule has 0 bridgehead atoms. The maximum atomic E-state index is 12.6. The highest BCUT2D eigenvalue weighted by atomic mass is 19.4. The van der Waals surface area contributed by atoms with E-state index in [0.29, 0.717) is 11.1 Å². The average Bonchev–Trinajstić information content (AvgIpc) is 2.32. The van der Waals surface area contributed by atoms with Gasteiger partial charge in [-0.25, -0.2) is 0 Å². The molecule has 0 spiro atoms. The molecule has 0 saturated heterocycles. The van der Waals surface area contributed by atoms with Crippen LogP contribution >= 0.6 is 0 Å². The van der Waals surface area contributed by atoms with Crippen LogP contribution in [-0.4, -0.2) is 18.5 Å². The lowest BCUT2D eigenvalue weighted by molar-refractivity contribution is -0.137. The van der Waals surface area contributed by atoms with Crippen molar-refractivity contribution in [1.82, 2.24) is 0 Å². The van der Waals surface area contributed by atoms with Crippen LogP contribution in [0.3, 0.4) is 0 Å². The van der Waals surface area contributed by atoms with Gasteiger partial charge in [-0.15, -0.1) is 0 Å². The maximum Gasteiger partial charge on any atom is 0.416 e. The smallest absolute Gasteiger partial charge is 0.378 e. The molecule has 0 unspecified atom stereocenters. The van der Waals surface area contributed by atoms with Crippen LogP contribution in [0.2, 0.25) is 0 Å². The van der Waals surface area contributed by atoms with E-state index in [1.807, 2.05) is 0 Å². The zero-order valence-electron chi connectivity index (χ0n) is 11.5. The van der Waals surface area contributed by atoms with Gasteiger partial charge in [0.05, 0.1) is 11.2 Å². The van der Waals surface area contributed by atoms with E-state index < -0.39 is 17.3 Å². The van der Waals surface area contributed by atoms with Crippen LogP contribution in [0.5, 0.6) is 0 Å². The van der Waals surface area contributed by atoms with Crippen LogP contribution in [0.4, 0.5) is 13.2 Å². The van der Waals surface area contributed by atoms with E-state index >= 15 is 0 Å². The summed E-state index contributed by atoms with van der Waals surface area (Å²) >= 11 is 0. The molecule has 5 heteroatoms. The molecule has 0 amide bonds. The Labute approximate surface area is 115 Å². The molecular formula is C15H17F3O2. The van der Waals surface area contributed by atoms with Gasteiger partial charge in [0.2, 0.25) is 0 Å². The van der Waals surface area contributed by atoms with Gasteiger partial charge in [-0.1, -0.05) is 6.07 Å². The summed E-state index contributed by atoms with van der Waals surface area (Å²) in [5.41, 5.74) is -0.431. The highest BCUT2D eigenvalue weighted by Gasteiger charge is 2.39. The summed E-state index contributed by atoms with van der Waals surface area (Å²) in [6.45, 7) is 1.53. The molecule has 1 fully saturated rings. The quantitative estimate of drug-likeness (QED) is 0.777. The van der Waals surface area contributed by atoms with Gasteiger partial charge in [-0.2, -0.15) is 13.2 Å². The molecule has 20 heavy (non-hydrogen) atoms. The van der Waals surface area contributed by atoms with Gasteiger partial charge < -0.3 is 4.74 Å². The summed E-state index contributed by atoms with van der Waals surface area (Å²) in [7, 11) is 1.58. The molecule has 0 aromatic heterocycles. The van der Waals surface area contributed by atoms with Gasteiger partial charge in [0.15, 0.2) is 5.78 Å². The fourth-order valence-electron chi connectivity index (χ4n) is 2.56. The Bertz CT molecular complexity index is 511. The van der Waals surface area contributed by atoms with Crippen LogP contribution in [0.1, 0.15) is 47.2 Å². The van der Waals surface area contributed by atoms with Gasteiger partial charge in [0, 0.05) is 19.1 Å². The van der Waals surface area contributed by atoms with Crippen molar-refractivity contribution in [3.05, 3.63) is 34.9 Å². The first-order chi connectivity index (χ1) is 9.27. The number of rotatable bonds is 4. The molecule has 1 aliphatic carbocycles. The third-order valence-electron chi connectivity index (χ3n) is 4.03. The predicted molar refractivity (Wildman–Crippen MR) is 68.7 cm³/mol. The van der Waals surface area contributed by atoms with E-state index in [4.69, 9.17) is 4.74 Å². The van der Waals surface area contributed by atoms with Crippen molar-refractivity contribution in [3.8, 4) is 0 Å². The van der Waals surface area contributed by atoms with Crippen molar-refractivity contribution >= 4 is 5.78 Å². The number of carbonyl (C=O) groups excluding carboxylic acids is 1. The second kappa shape index (κ2) is 5.20. The Hall–Kier alpha value is -1.36. The molecule has 110 valence electrons. The number of ether oxygens (including phenoxy) is 1. The Morgan fingerprint density at radius 3 is 2.40 bits per heavy atom. The van der Waals surface area contributed by atoms with E-state index in [9.17, 15) is 18.0 Å². The third kappa shape index (κ3) is 2.87. The Morgan fingerprint density at radius 2 is 2.00 bits per heavy atom. The number of Topliss-reactive ketones (excluding diaryl/α,β-unsaturated/α-hetero) is 1. The first kappa shape index (κ1) is 15.0. The van der Waals surface area contributed by atoms with E-state index in [0.717, 1.165) is 31.4 Å². The first-order valence-corrected chi connectivity index (χ1v) is 6.54. The van der Waals surface area contributed by atoms with Crippen LogP contribution in [0.25, 0.3) is 0 Å². The molecule has 0 N–H and O–H groups in total. The summed E-state index contributed by atoms with van der Waals surface area (Å²) in [4.78, 5) is 12.2. The molecule has 1 aliphatic rings. The van der Waals surface area contributed by atoms with Crippen LogP contribution in [0.15, 0.2) is 18.2 Å². The molecule has 0 heterocycles. The molecule has 0 atom stereocenters. The predicted octanol–water partition coefficient (Wildman–Crippen LogP) is 4.16. The van der Waals surface area contributed by atoms with Crippen molar-refractivity contribution in [2.75, 3.05) is 7.11 Å². The largest absolute Gasteiger partial charge is 0.416 e. The SMILES string of the molecule is COC1(CC(=O)c2ccc(C(F)(F)F)cc2C)CCC1. The van der Waals surface area contributed by atoms with Crippen LogP contribution < -0.4 is 0 Å². The van der Waals surface area contributed by atoms with E-state index in [-0.39, 0.29) is 12.2 Å². The number of hydrogen-bond acceptors (Lipinski definition) is 2. The van der Waals surface area contributed by atoms with Crippen molar-refractivity contribution in [1.29, 1.82) is 0 Å². The zero-order chi connectivity index (χ0) is 15.0.